The molecule has 0 bridgehead atoms. The lowest BCUT2D eigenvalue weighted by atomic mass is 10.2. The molecule has 3 aromatic carbocycles. The third-order valence-corrected chi connectivity index (χ3v) is 6.41. The van der Waals surface area contributed by atoms with Crippen LogP contribution in [0.4, 0.5) is 0 Å². The number of hydrogen-bond acceptors (Lipinski definition) is 4. The fourth-order valence-corrected chi connectivity index (χ4v) is 4.22. The maximum atomic E-state index is 13.2. The van der Waals surface area contributed by atoms with Gasteiger partial charge in [-0.2, -0.15) is 9.78 Å². The van der Waals surface area contributed by atoms with Gasteiger partial charge in [-0.15, -0.1) is 0 Å². The Balaban J connectivity index is 1.60. The van der Waals surface area contributed by atoms with E-state index >= 15 is 0 Å². The Morgan fingerprint density at radius 1 is 1.09 bits per heavy atom. The predicted molar refractivity (Wildman–Crippen MR) is 143 cm³/mol. The van der Waals surface area contributed by atoms with Crippen LogP contribution in [0.5, 0.6) is 5.75 Å². The van der Waals surface area contributed by atoms with Gasteiger partial charge in [0.15, 0.2) is 0 Å². The SMILES string of the molecule is CCCCc1nc2ccc(Br)cc2c(=O)n1N=Cc1ccc(OCc2ccccc2Cl)c(Cl)c1. The topological polar surface area (TPSA) is 56.5 Å². The fraction of sp³-hybridized carbons (Fsp3) is 0.192. The molecule has 0 radical (unpaired) electrons. The molecule has 0 spiro atoms. The van der Waals surface area contributed by atoms with Crippen LogP contribution in [0, 0.1) is 0 Å². The predicted octanol–water partition coefficient (Wildman–Crippen LogP) is 7.27. The zero-order valence-corrected chi connectivity index (χ0v) is 21.6. The second kappa shape index (κ2) is 11.2. The number of benzene rings is 3. The highest BCUT2D eigenvalue weighted by Gasteiger charge is 2.11. The highest BCUT2D eigenvalue weighted by molar-refractivity contribution is 9.10. The van der Waals surface area contributed by atoms with E-state index in [-0.39, 0.29) is 5.56 Å². The second-order valence-corrected chi connectivity index (χ2v) is 9.45. The molecule has 0 atom stereocenters. The molecular formula is C26H22BrCl2N3O2. The van der Waals surface area contributed by atoms with Crippen molar-refractivity contribution in [3.8, 4) is 5.75 Å². The van der Waals surface area contributed by atoms with E-state index < -0.39 is 0 Å². The molecule has 0 fully saturated rings. The van der Waals surface area contributed by atoms with E-state index in [2.05, 4.69) is 28.0 Å². The average Bonchev–Trinajstić information content (AvgIpc) is 2.83. The van der Waals surface area contributed by atoms with Crippen LogP contribution in [0.1, 0.15) is 36.7 Å². The molecule has 4 aromatic rings. The summed E-state index contributed by atoms with van der Waals surface area (Å²) in [4.78, 5) is 17.9. The van der Waals surface area contributed by atoms with Gasteiger partial charge in [0.05, 0.1) is 22.1 Å². The van der Waals surface area contributed by atoms with Gasteiger partial charge in [0.2, 0.25) is 0 Å². The Morgan fingerprint density at radius 2 is 1.91 bits per heavy atom. The third-order valence-electron chi connectivity index (χ3n) is 5.25. The Hall–Kier alpha value is -2.67. The van der Waals surface area contributed by atoms with Crippen molar-refractivity contribution >= 4 is 56.2 Å². The van der Waals surface area contributed by atoms with Crippen molar-refractivity contribution in [2.45, 2.75) is 32.8 Å². The number of rotatable bonds is 8. The first-order valence-electron chi connectivity index (χ1n) is 10.9. The molecule has 0 saturated carbocycles. The Bertz CT molecular complexity index is 1420. The molecule has 1 heterocycles. The minimum absolute atomic E-state index is 0.209. The summed E-state index contributed by atoms with van der Waals surface area (Å²) in [5.41, 5.74) is 2.06. The van der Waals surface area contributed by atoms with Crippen molar-refractivity contribution in [2.24, 2.45) is 5.10 Å². The van der Waals surface area contributed by atoms with Crippen LogP contribution in [0.2, 0.25) is 10.0 Å². The number of nitrogens with zero attached hydrogens (tertiary/aromatic N) is 3. The van der Waals surface area contributed by atoms with E-state index in [1.807, 2.05) is 42.5 Å². The summed E-state index contributed by atoms with van der Waals surface area (Å²) in [6.45, 7) is 2.41. The largest absolute Gasteiger partial charge is 0.487 e. The zero-order valence-electron chi connectivity index (χ0n) is 18.5. The van der Waals surface area contributed by atoms with Crippen LogP contribution in [0.3, 0.4) is 0 Å². The van der Waals surface area contributed by atoms with Gasteiger partial charge in [-0.3, -0.25) is 4.79 Å². The molecule has 0 saturated heterocycles. The number of hydrogen-bond donors (Lipinski definition) is 0. The summed E-state index contributed by atoms with van der Waals surface area (Å²) in [6, 6.07) is 18.3. The summed E-state index contributed by atoms with van der Waals surface area (Å²) >= 11 is 16.1. The molecule has 5 nitrogen and oxygen atoms in total. The second-order valence-electron chi connectivity index (χ2n) is 7.72. The summed E-state index contributed by atoms with van der Waals surface area (Å²) in [5.74, 6) is 1.17. The smallest absolute Gasteiger partial charge is 0.282 e. The first-order chi connectivity index (χ1) is 16.5. The van der Waals surface area contributed by atoms with E-state index in [1.165, 1.54) is 4.68 Å². The molecule has 8 heteroatoms. The minimum atomic E-state index is -0.209. The Labute approximate surface area is 216 Å². The maximum absolute atomic E-state index is 13.2. The van der Waals surface area contributed by atoms with Crippen LogP contribution < -0.4 is 10.3 Å². The number of halogens is 3. The molecular weight excluding hydrogens is 537 g/mol. The average molecular weight is 559 g/mol. The zero-order chi connectivity index (χ0) is 24.1. The van der Waals surface area contributed by atoms with E-state index in [9.17, 15) is 4.79 Å². The van der Waals surface area contributed by atoms with Crippen molar-refractivity contribution in [1.29, 1.82) is 0 Å². The third kappa shape index (κ3) is 5.69. The molecule has 174 valence electrons. The quantitative estimate of drug-likeness (QED) is 0.214. The number of aryl methyl sites for hydroxylation is 1. The van der Waals surface area contributed by atoms with Gasteiger partial charge in [-0.25, -0.2) is 4.98 Å². The minimum Gasteiger partial charge on any atom is -0.487 e. The Morgan fingerprint density at radius 3 is 2.68 bits per heavy atom. The van der Waals surface area contributed by atoms with Gasteiger partial charge in [0.25, 0.3) is 5.56 Å². The van der Waals surface area contributed by atoms with Crippen LogP contribution >= 0.6 is 39.1 Å². The van der Waals surface area contributed by atoms with Crippen molar-refractivity contribution in [1.82, 2.24) is 9.66 Å². The number of fused-ring (bicyclic) bond motifs is 1. The van der Waals surface area contributed by atoms with Crippen LogP contribution in [-0.2, 0) is 13.0 Å². The first kappa shape index (κ1) is 24.5. The van der Waals surface area contributed by atoms with Crippen LogP contribution in [0.25, 0.3) is 10.9 Å². The molecule has 0 aliphatic heterocycles. The van der Waals surface area contributed by atoms with Gasteiger partial charge in [-0.1, -0.05) is 70.7 Å². The van der Waals surface area contributed by atoms with Gasteiger partial charge in [0, 0.05) is 21.5 Å². The van der Waals surface area contributed by atoms with Crippen molar-refractivity contribution < 1.29 is 4.74 Å². The van der Waals surface area contributed by atoms with Crippen molar-refractivity contribution in [3.05, 3.63) is 102 Å². The standard InChI is InChI=1S/C26H22BrCl2N3O2/c1-2-3-8-25-31-23-11-10-19(27)14-20(23)26(33)32(25)30-15-17-9-12-24(22(29)13-17)34-16-18-6-4-5-7-21(18)28/h4-7,9-15H,2-3,8,16H2,1H3. The van der Waals surface area contributed by atoms with Crippen LogP contribution in [0.15, 0.2) is 75.0 Å². The molecule has 0 N–H and O–H groups in total. The summed E-state index contributed by atoms with van der Waals surface area (Å²) in [5, 5.41) is 6.06. The fourth-order valence-electron chi connectivity index (χ4n) is 3.42. The van der Waals surface area contributed by atoms with Crippen LogP contribution in [-0.4, -0.2) is 15.9 Å². The molecule has 0 aliphatic carbocycles. The number of unbranched alkanes of at least 4 members (excludes halogenated alkanes) is 1. The summed E-state index contributed by atoms with van der Waals surface area (Å²) in [7, 11) is 0. The van der Waals surface area contributed by atoms with E-state index in [4.69, 9.17) is 32.9 Å². The molecule has 0 aliphatic rings. The lowest BCUT2D eigenvalue weighted by molar-refractivity contribution is 0.306. The highest BCUT2D eigenvalue weighted by Crippen LogP contribution is 2.27. The number of ether oxygens (including phenoxy) is 1. The summed E-state index contributed by atoms with van der Waals surface area (Å²) < 4.78 is 8.02. The van der Waals surface area contributed by atoms with E-state index in [1.54, 1.807) is 24.4 Å². The molecule has 34 heavy (non-hydrogen) atoms. The molecule has 4 rings (SSSR count). The van der Waals surface area contributed by atoms with Gasteiger partial charge < -0.3 is 4.74 Å². The van der Waals surface area contributed by atoms with Crippen molar-refractivity contribution in [3.63, 3.8) is 0 Å². The summed E-state index contributed by atoms with van der Waals surface area (Å²) in [6.07, 6.45) is 4.16. The van der Waals surface area contributed by atoms with Crippen molar-refractivity contribution in [2.75, 3.05) is 0 Å². The first-order valence-corrected chi connectivity index (χ1v) is 12.4. The number of aromatic nitrogens is 2. The molecule has 1 aromatic heterocycles. The van der Waals surface area contributed by atoms with Gasteiger partial charge in [-0.05, 0) is 54.4 Å². The van der Waals surface area contributed by atoms with E-state index in [0.717, 1.165) is 28.4 Å². The maximum Gasteiger partial charge on any atom is 0.282 e. The highest BCUT2D eigenvalue weighted by atomic mass is 79.9. The van der Waals surface area contributed by atoms with Gasteiger partial charge in [0.1, 0.15) is 18.2 Å². The monoisotopic (exact) mass is 557 g/mol. The Kier molecular flexibility index (Phi) is 8.03. The molecule has 0 unspecified atom stereocenters. The van der Waals surface area contributed by atoms with Gasteiger partial charge >= 0.3 is 0 Å². The lowest BCUT2D eigenvalue weighted by Crippen LogP contribution is -2.22. The van der Waals surface area contributed by atoms with E-state index in [0.29, 0.717) is 45.5 Å². The normalized spacial score (nSPS) is 11.4. The lowest BCUT2D eigenvalue weighted by Gasteiger charge is -2.10. The molecule has 0 amide bonds.